The summed E-state index contributed by atoms with van der Waals surface area (Å²) < 4.78 is 5.14. The lowest BCUT2D eigenvalue weighted by Gasteiger charge is -2.10. The molecule has 0 atom stereocenters. The Morgan fingerprint density at radius 1 is 1.31 bits per heavy atom. The van der Waals surface area contributed by atoms with Crippen LogP contribution in [0.25, 0.3) is 0 Å². The molecule has 0 aliphatic rings. The Kier molecular flexibility index (Phi) is 5.39. The van der Waals surface area contributed by atoms with Crippen LogP contribution < -0.4 is 15.8 Å². The van der Waals surface area contributed by atoms with Crippen LogP contribution in [0.5, 0.6) is 5.75 Å². The molecule has 1 aromatic heterocycles. The molecule has 3 N–H and O–H groups in total. The molecule has 0 radical (unpaired) electrons. The normalized spacial score (nSPS) is 10.1. The van der Waals surface area contributed by atoms with Crippen LogP contribution in [0.15, 0.2) is 6.33 Å². The van der Waals surface area contributed by atoms with Crippen LogP contribution in [0.2, 0.25) is 0 Å². The number of nitrogens with two attached hydrogens (primary N) is 1. The Labute approximate surface area is 96.4 Å². The van der Waals surface area contributed by atoms with Crippen LogP contribution >= 0.6 is 0 Å². The molecule has 0 aliphatic heterocycles. The van der Waals surface area contributed by atoms with Crippen LogP contribution in [0.4, 0.5) is 11.6 Å². The maximum atomic E-state index is 5.67. The van der Waals surface area contributed by atoms with Gasteiger partial charge in [0, 0.05) is 6.54 Å². The number of unbranched alkanes of at least 4 members (excludes halogenated alkanes) is 3. The summed E-state index contributed by atoms with van der Waals surface area (Å²) in [4.78, 5) is 7.97. The van der Waals surface area contributed by atoms with Crippen molar-refractivity contribution >= 4 is 11.6 Å². The number of nitrogens with zero attached hydrogens (tertiary/aromatic N) is 2. The van der Waals surface area contributed by atoms with Crippen molar-refractivity contribution in [2.24, 2.45) is 0 Å². The molecule has 0 saturated carbocycles. The Morgan fingerprint density at radius 2 is 2.12 bits per heavy atom. The fraction of sp³-hybridized carbons (Fsp3) is 0.636. The Balaban J connectivity index is 2.44. The highest BCUT2D eigenvalue weighted by Gasteiger charge is 2.07. The van der Waals surface area contributed by atoms with Crippen molar-refractivity contribution in [2.45, 2.75) is 32.6 Å². The van der Waals surface area contributed by atoms with E-state index in [9.17, 15) is 0 Å². The van der Waals surface area contributed by atoms with Gasteiger partial charge in [-0.2, -0.15) is 0 Å². The van der Waals surface area contributed by atoms with Crippen molar-refractivity contribution in [1.29, 1.82) is 0 Å². The van der Waals surface area contributed by atoms with Gasteiger partial charge in [0.25, 0.3) is 0 Å². The Hall–Kier alpha value is -1.52. The fourth-order valence-corrected chi connectivity index (χ4v) is 1.47. The minimum Gasteiger partial charge on any atom is -0.490 e. The summed E-state index contributed by atoms with van der Waals surface area (Å²) in [6.45, 7) is 3.08. The molecule has 0 amide bonds. The topological polar surface area (TPSA) is 73.1 Å². The number of nitrogens with one attached hydrogen (secondary N) is 1. The summed E-state index contributed by atoms with van der Waals surface area (Å²) in [7, 11) is 1.57. The third kappa shape index (κ3) is 3.56. The lowest BCUT2D eigenvalue weighted by Crippen LogP contribution is -2.07. The van der Waals surface area contributed by atoms with Crippen LogP contribution in [0.1, 0.15) is 32.6 Å². The summed E-state index contributed by atoms with van der Waals surface area (Å²) >= 11 is 0. The van der Waals surface area contributed by atoms with Crippen LogP contribution in [-0.2, 0) is 0 Å². The molecule has 0 unspecified atom stereocenters. The molecule has 5 nitrogen and oxygen atoms in total. The molecule has 0 bridgehead atoms. The van der Waals surface area contributed by atoms with Crippen molar-refractivity contribution in [2.75, 3.05) is 24.7 Å². The van der Waals surface area contributed by atoms with E-state index in [2.05, 4.69) is 22.2 Å². The van der Waals surface area contributed by atoms with Gasteiger partial charge < -0.3 is 15.8 Å². The van der Waals surface area contributed by atoms with E-state index in [1.807, 2.05) is 0 Å². The predicted molar refractivity (Wildman–Crippen MR) is 65.6 cm³/mol. The number of nitrogen functional groups attached to an aromatic ring is 1. The summed E-state index contributed by atoms with van der Waals surface area (Å²) in [5, 5.41) is 3.21. The largest absolute Gasteiger partial charge is 0.490 e. The number of rotatable bonds is 7. The number of ether oxygens (including phenoxy) is 1. The molecule has 0 aromatic carbocycles. The highest BCUT2D eigenvalue weighted by atomic mass is 16.5. The van der Waals surface area contributed by atoms with E-state index < -0.39 is 0 Å². The quantitative estimate of drug-likeness (QED) is 0.693. The van der Waals surface area contributed by atoms with Crippen molar-refractivity contribution < 1.29 is 4.74 Å². The molecule has 1 aromatic rings. The lowest BCUT2D eigenvalue weighted by atomic mass is 10.2. The van der Waals surface area contributed by atoms with Gasteiger partial charge in [-0.3, -0.25) is 0 Å². The van der Waals surface area contributed by atoms with Gasteiger partial charge in [0.15, 0.2) is 11.6 Å². The standard InChI is InChI=1S/C11H20N4O/c1-3-4-5-6-7-13-11-9(16-2)10(12)14-8-15-11/h8H,3-7H2,1-2H3,(H3,12,13,14,15). The summed E-state index contributed by atoms with van der Waals surface area (Å²) in [5.41, 5.74) is 5.67. The molecule has 0 aliphatic carbocycles. The molecule has 5 heteroatoms. The molecular weight excluding hydrogens is 204 g/mol. The number of aromatic nitrogens is 2. The second-order valence-corrected chi connectivity index (χ2v) is 3.63. The van der Waals surface area contributed by atoms with E-state index in [4.69, 9.17) is 10.5 Å². The average Bonchev–Trinajstić information content (AvgIpc) is 2.29. The van der Waals surface area contributed by atoms with E-state index in [-0.39, 0.29) is 0 Å². The van der Waals surface area contributed by atoms with E-state index in [0.717, 1.165) is 13.0 Å². The first-order chi connectivity index (χ1) is 7.79. The first-order valence-electron chi connectivity index (χ1n) is 5.68. The highest BCUT2D eigenvalue weighted by molar-refractivity contribution is 5.61. The van der Waals surface area contributed by atoms with Crippen molar-refractivity contribution in [3.63, 3.8) is 0 Å². The highest BCUT2D eigenvalue weighted by Crippen LogP contribution is 2.25. The molecule has 0 spiro atoms. The van der Waals surface area contributed by atoms with Gasteiger partial charge in [-0.25, -0.2) is 9.97 Å². The van der Waals surface area contributed by atoms with Crippen molar-refractivity contribution in [3.8, 4) is 5.75 Å². The molecule has 0 saturated heterocycles. The SMILES string of the molecule is CCCCCCNc1ncnc(N)c1OC. The van der Waals surface area contributed by atoms with Crippen LogP contribution in [-0.4, -0.2) is 23.6 Å². The minimum absolute atomic E-state index is 0.369. The lowest BCUT2D eigenvalue weighted by molar-refractivity contribution is 0.415. The van der Waals surface area contributed by atoms with E-state index in [1.165, 1.54) is 25.6 Å². The Bertz CT molecular complexity index is 317. The monoisotopic (exact) mass is 224 g/mol. The third-order valence-corrected chi connectivity index (χ3v) is 2.36. The third-order valence-electron chi connectivity index (χ3n) is 2.36. The molecule has 1 rings (SSSR count). The van der Waals surface area contributed by atoms with Gasteiger partial charge in [-0.1, -0.05) is 26.2 Å². The maximum absolute atomic E-state index is 5.67. The summed E-state index contributed by atoms with van der Waals surface area (Å²) in [5.74, 6) is 1.57. The second kappa shape index (κ2) is 6.87. The zero-order valence-corrected chi connectivity index (χ0v) is 9.99. The fourth-order valence-electron chi connectivity index (χ4n) is 1.47. The molecule has 1 heterocycles. The van der Waals surface area contributed by atoms with Gasteiger partial charge in [0.2, 0.25) is 5.75 Å². The number of hydrogen-bond acceptors (Lipinski definition) is 5. The average molecular weight is 224 g/mol. The van der Waals surface area contributed by atoms with Crippen molar-refractivity contribution in [1.82, 2.24) is 9.97 Å². The number of hydrogen-bond donors (Lipinski definition) is 2. The minimum atomic E-state index is 0.369. The first kappa shape index (κ1) is 12.5. The number of methoxy groups -OCH3 is 1. The van der Waals surface area contributed by atoms with Gasteiger partial charge in [-0.05, 0) is 6.42 Å². The van der Waals surface area contributed by atoms with E-state index >= 15 is 0 Å². The molecule has 90 valence electrons. The zero-order chi connectivity index (χ0) is 11.8. The Morgan fingerprint density at radius 3 is 2.81 bits per heavy atom. The van der Waals surface area contributed by atoms with E-state index in [0.29, 0.717) is 17.4 Å². The smallest absolute Gasteiger partial charge is 0.203 e. The van der Waals surface area contributed by atoms with Crippen molar-refractivity contribution in [3.05, 3.63) is 6.33 Å². The predicted octanol–water partition coefficient (Wildman–Crippen LogP) is 2.06. The van der Waals surface area contributed by atoms with E-state index in [1.54, 1.807) is 7.11 Å². The summed E-state index contributed by atoms with van der Waals surface area (Å²) in [6, 6.07) is 0. The molecule has 0 fully saturated rings. The van der Waals surface area contributed by atoms with Crippen LogP contribution in [0, 0.1) is 0 Å². The molecule has 16 heavy (non-hydrogen) atoms. The van der Waals surface area contributed by atoms with Crippen LogP contribution in [0.3, 0.4) is 0 Å². The second-order valence-electron chi connectivity index (χ2n) is 3.63. The zero-order valence-electron chi connectivity index (χ0n) is 9.99. The van der Waals surface area contributed by atoms with Gasteiger partial charge in [-0.15, -0.1) is 0 Å². The van der Waals surface area contributed by atoms with Gasteiger partial charge in [0.1, 0.15) is 6.33 Å². The maximum Gasteiger partial charge on any atom is 0.203 e. The summed E-state index contributed by atoms with van der Waals surface area (Å²) in [6.07, 6.45) is 6.30. The molecular formula is C11H20N4O. The van der Waals surface area contributed by atoms with Gasteiger partial charge in [0.05, 0.1) is 7.11 Å². The first-order valence-corrected chi connectivity index (χ1v) is 5.68. The van der Waals surface area contributed by atoms with Gasteiger partial charge >= 0.3 is 0 Å². The number of anilines is 2.